The molecule has 0 radical (unpaired) electrons. The van der Waals surface area contributed by atoms with Gasteiger partial charge in [-0.3, -0.25) is 14.9 Å². The highest BCUT2D eigenvalue weighted by atomic mass is 32.1. The maximum atomic E-state index is 12.8. The molecule has 2 aromatic heterocycles. The molecule has 6 heteroatoms. The third-order valence-corrected chi connectivity index (χ3v) is 5.87. The first kappa shape index (κ1) is 19.1. The van der Waals surface area contributed by atoms with Gasteiger partial charge >= 0.3 is 0 Å². The van der Waals surface area contributed by atoms with E-state index >= 15 is 0 Å². The molecule has 0 saturated heterocycles. The molecule has 2 aromatic carbocycles. The van der Waals surface area contributed by atoms with Gasteiger partial charge in [-0.25, -0.2) is 4.98 Å². The number of aromatic nitrogens is 2. The summed E-state index contributed by atoms with van der Waals surface area (Å²) in [6.07, 6.45) is 1.61. The van der Waals surface area contributed by atoms with Crippen LogP contribution in [-0.4, -0.2) is 15.5 Å². The number of carbonyl (C=O) groups excluding carboxylic acids is 1. The van der Waals surface area contributed by atoms with Crippen LogP contribution in [0.15, 0.2) is 59.5 Å². The molecule has 0 unspecified atom stereocenters. The normalized spacial score (nSPS) is 11.0. The first-order valence-electron chi connectivity index (χ1n) is 9.35. The number of para-hydroxylation sites is 1. The summed E-state index contributed by atoms with van der Waals surface area (Å²) < 4.78 is 2.60. The summed E-state index contributed by atoms with van der Waals surface area (Å²) in [7, 11) is 0. The summed E-state index contributed by atoms with van der Waals surface area (Å²) in [5.41, 5.74) is 5.56. The van der Waals surface area contributed by atoms with Crippen molar-refractivity contribution < 1.29 is 4.79 Å². The summed E-state index contributed by atoms with van der Waals surface area (Å²) >= 11 is 1.44. The van der Waals surface area contributed by atoms with Gasteiger partial charge in [0.25, 0.3) is 11.5 Å². The zero-order valence-electron chi connectivity index (χ0n) is 16.5. The minimum atomic E-state index is -0.281. The Morgan fingerprint density at radius 3 is 2.69 bits per heavy atom. The summed E-state index contributed by atoms with van der Waals surface area (Å²) in [6.45, 7) is 6.46. The molecule has 0 aliphatic carbocycles. The Bertz CT molecular complexity index is 1290. The van der Waals surface area contributed by atoms with Crippen molar-refractivity contribution >= 4 is 32.6 Å². The molecule has 4 rings (SSSR count). The maximum absolute atomic E-state index is 12.8. The standard InChI is InChI=1S/C23H21N3O2S/c1-14-7-8-15(2)18(11-14)13-26-12-17(9-10-20(26)27)22(28)25-23-24-21-16(3)5-4-6-19(21)29-23/h4-12H,13H2,1-3H3,(H,24,25,28). The molecule has 0 atom stereocenters. The molecule has 0 aliphatic rings. The number of hydrogen-bond donors (Lipinski definition) is 1. The molecule has 0 bridgehead atoms. The molecule has 1 N–H and O–H groups in total. The number of hydrogen-bond acceptors (Lipinski definition) is 4. The Morgan fingerprint density at radius 2 is 1.90 bits per heavy atom. The van der Waals surface area contributed by atoms with Gasteiger partial charge in [0, 0.05) is 12.3 Å². The van der Waals surface area contributed by atoms with Crippen LogP contribution >= 0.6 is 11.3 Å². The van der Waals surface area contributed by atoms with Crippen LogP contribution in [0.25, 0.3) is 10.2 Å². The van der Waals surface area contributed by atoms with Gasteiger partial charge in [0.05, 0.1) is 22.3 Å². The second-order valence-corrected chi connectivity index (χ2v) is 8.24. The van der Waals surface area contributed by atoms with Crippen molar-refractivity contribution in [2.45, 2.75) is 27.3 Å². The third-order valence-electron chi connectivity index (χ3n) is 4.93. The number of rotatable bonds is 4. The van der Waals surface area contributed by atoms with Crippen molar-refractivity contribution in [3.8, 4) is 0 Å². The fourth-order valence-electron chi connectivity index (χ4n) is 3.25. The number of nitrogens with one attached hydrogen (secondary N) is 1. The number of aryl methyl sites for hydroxylation is 3. The molecule has 146 valence electrons. The van der Waals surface area contributed by atoms with Crippen LogP contribution in [0.1, 0.15) is 32.6 Å². The van der Waals surface area contributed by atoms with Crippen LogP contribution in [0.4, 0.5) is 5.13 Å². The first-order valence-corrected chi connectivity index (χ1v) is 10.2. The number of carbonyl (C=O) groups is 1. The lowest BCUT2D eigenvalue weighted by atomic mass is 10.1. The van der Waals surface area contributed by atoms with Gasteiger partial charge in [0.1, 0.15) is 0 Å². The van der Waals surface area contributed by atoms with Crippen molar-refractivity contribution in [1.82, 2.24) is 9.55 Å². The SMILES string of the molecule is Cc1ccc(C)c(Cn2cc(C(=O)Nc3nc4c(C)cccc4s3)ccc2=O)c1. The predicted octanol–water partition coefficient (Wildman–Crippen LogP) is 4.68. The Morgan fingerprint density at radius 1 is 1.07 bits per heavy atom. The van der Waals surface area contributed by atoms with Gasteiger partial charge in [0.15, 0.2) is 5.13 Å². The van der Waals surface area contributed by atoms with Gasteiger partial charge in [-0.05, 0) is 49.6 Å². The number of benzene rings is 2. The van der Waals surface area contributed by atoms with Crippen molar-refractivity contribution in [3.63, 3.8) is 0 Å². The highest BCUT2D eigenvalue weighted by Crippen LogP contribution is 2.28. The van der Waals surface area contributed by atoms with Crippen LogP contribution in [0.5, 0.6) is 0 Å². The van der Waals surface area contributed by atoms with Crippen molar-refractivity contribution in [3.05, 3.63) is 92.9 Å². The van der Waals surface area contributed by atoms with E-state index in [1.54, 1.807) is 16.8 Å². The summed E-state index contributed by atoms with van der Waals surface area (Å²) in [4.78, 5) is 29.6. The van der Waals surface area contributed by atoms with Crippen LogP contribution in [-0.2, 0) is 6.54 Å². The molecule has 1 amide bonds. The topological polar surface area (TPSA) is 64.0 Å². The minimum absolute atomic E-state index is 0.141. The average Bonchev–Trinajstić information content (AvgIpc) is 3.10. The Labute approximate surface area is 172 Å². The van der Waals surface area contributed by atoms with Gasteiger partial charge in [-0.1, -0.05) is 47.2 Å². The van der Waals surface area contributed by atoms with E-state index in [1.165, 1.54) is 17.4 Å². The van der Waals surface area contributed by atoms with E-state index in [2.05, 4.69) is 16.4 Å². The minimum Gasteiger partial charge on any atom is -0.310 e. The van der Waals surface area contributed by atoms with E-state index in [4.69, 9.17) is 0 Å². The molecule has 4 aromatic rings. The summed E-state index contributed by atoms with van der Waals surface area (Å²) in [6, 6.07) is 15.1. The molecule has 0 aliphatic heterocycles. The van der Waals surface area contributed by atoms with Gasteiger partial charge in [-0.15, -0.1) is 0 Å². The van der Waals surface area contributed by atoms with Crippen molar-refractivity contribution in [2.75, 3.05) is 5.32 Å². The van der Waals surface area contributed by atoms with Gasteiger partial charge < -0.3 is 4.57 Å². The van der Waals surface area contributed by atoms with E-state index in [1.807, 2.05) is 51.1 Å². The van der Waals surface area contributed by atoms with Gasteiger partial charge in [-0.2, -0.15) is 0 Å². The highest BCUT2D eigenvalue weighted by Gasteiger charge is 2.12. The lowest BCUT2D eigenvalue weighted by molar-refractivity contribution is 0.102. The fourth-order valence-corrected chi connectivity index (χ4v) is 4.19. The predicted molar refractivity (Wildman–Crippen MR) is 118 cm³/mol. The molecule has 0 fully saturated rings. The van der Waals surface area contributed by atoms with E-state index < -0.39 is 0 Å². The Hall–Kier alpha value is -3.25. The van der Waals surface area contributed by atoms with Crippen LogP contribution in [0.2, 0.25) is 0 Å². The maximum Gasteiger partial charge on any atom is 0.258 e. The number of nitrogens with zero attached hydrogens (tertiary/aromatic N) is 2. The second kappa shape index (κ2) is 7.64. The smallest absolute Gasteiger partial charge is 0.258 e. The molecule has 29 heavy (non-hydrogen) atoms. The Balaban J connectivity index is 1.60. The van der Waals surface area contributed by atoms with E-state index in [0.717, 1.165) is 32.5 Å². The fraction of sp³-hybridized carbons (Fsp3) is 0.174. The number of anilines is 1. The van der Waals surface area contributed by atoms with Crippen LogP contribution in [0, 0.1) is 20.8 Å². The van der Waals surface area contributed by atoms with E-state index in [9.17, 15) is 9.59 Å². The molecule has 0 saturated carbocycles. The Kier molecular flexibility index (Phi) is 5.03. The molecular formula is C23H21N3O2S. The van der Waals surface area contributed by atoms with E-state index in [-0.39, 0.29) is 11.5 Å². The van der Waals surface area contributed by atoms with Crippen LogP contribution in [0.3, 0.4) is 0 Å². The molecule has 5 nitrogen and oxygen atoms in total. The number of thiazole rings is 1. The van der Waals surface area contributed by atoms with E-state index in [0.29, 0.717) is 17.2 Å². The summed E-state index contributed by atoms with van der Waals surface area (Å²) in [5.74, 6) is -0.281. The number of fused-ring (bicyclic) bond motifs is 1. The second-order valence-electron chi connectivity index (χ2n) is 7.21. The first-order chi connectivity index (χ1) is 13.9. The third kappa shape index (κ3) is 3.98. The van der Waals surface area contributed by atoms with Crippen molar-refractivity contribution in [2.24, 2.45) is 0 Å². The summed E-state index contributed by atoms with van der Waals surface area (Å²) in [5, 5.41) is 3.41. The van der Waals surface area contributed by atoms with Crippen LogP contribution < -0.4 is 10.9 Å². The molecular weight excluding hydrogens is 382 g/mol. The molecule has 2 heterocycles. The highest BCUT2D eigenvalue weighted by molar-refractivity contribution is 7.22. The monoisotopic (exact) mass is 403 g/mol. The molecule has 0 spiro atoms. The largest absolute Gasteiger partial charge is 0.310 e. The average molecular weight is 404 g/mol. The lowest BCUT2D eigenvalue weighted by Gasteiger charge is -2.11. The number of amides is 1. The van der Waals surface area contributed by atoms with Gasteiger partial charge in [0.2, 0.25) is 0 Å². The lowest BCUT2D eigenvalue weighted by Crippen LogP contribution is -2.23. The zero-order valence-corrected chi connectivity index (χ0v) is 17.3. The number of pyridine rings is 1. The quantitative estimate of drug-likeness (QED) is 0.538. The zero-order chi connectivity index (χ0) is 20.5. The van der Waals surface area contributed by atoms with Crippen molar-refractivity contribution in [1.29, 1.82) is 0 Å².